The molecule has 5 nitrogen and oxygen atoms in total. The number of nitrogens with one attached hydrogen (secondary N) is 1. The molecule has 0 aliphatic rings. The van der Waals surface area contributed by atoms with E-state index < -0.39 is 5.91 Å². The summed E-state index contributed by atoms with van der Waals surface area (Å²) in [5.41, 5.74) is 3.10. The van der Waals surface area contributed by atoms with Gasteiger partial charge in [-0.05, 0) is 65.7 Å². The Hall–Kier alpha value is -4.24. The van der Waals surface area contributed by atoms with E-state index in [1.54, 1.807) is 60.7 Å². The highest BCUT2D eigenvalue weighted by Crippen LogP contribution is 2.23. The fraction of sp³-hybridized carbons (Fsp3) is 0.0667. The Kier molecular flexibility index (Phi) is 8.83. The van der Waals surface area contributed by atoms with Gasteiger partial charge in [-0.25, -0.2) is 0 Å². The molecule has 4 rings (SSSR count). The Bertz CT molecular complexity index is 1430. The minimum absolute atomic E-state index is 0.0222. The summed E-state index contributed by atoms with van der Waals surface area (Å²) in [6.07, 6.45) is 1.52. The van der Waals surface area contributed by atoms with Crippen LogP contribution in [0.3, 0.4) is 0 Å². The highest BCUT2D eigenvalue weighted by molar-refractivity contribution is 6.35. The van der Waals surface area contributed by atoms with Gasteiger partial charge >= 0.3 is 0 Å². The van der Waals surface area contributed by atoms with Crippen molar-refractivity contribution < 1.29 is 14.3 Å². The smallest absolute Gasteiger partial charge is 0.266 e. The van der Waals surface area contributed by atoms with Gasteiger partial charge in [0.25, 0.3) is 5.91 Å². The third-order valence-electron chi connectivity index (χ3n) is 5.33. The Morgan fingerprint density at radius 1 is 0.838 bits per heavy atom. The van der Waals surface area contributed by atoms with E-state index in [0.29, 0.717) is 39.4 Å². The average Bonchev–Trinajstić information content (AvgIpc) is 2.92. The number of nitriles is 1. The van der Waals surface area contributed by atoms with Gasteiger partial charge < -0.3 is 14.8 Å². The number of benzene rings is 4. The molecule has 0 heterocycles. The molecule has 4 aromatic rings. The average molecular weight is 529 g/mol. The summed E-state index contributed by atoms with van der Waals surface area (Å²) in [6.45, 7) is 0.736. The minimum atomic E-state index is -0.502. The lowest BCUT2D eigenvalue weighted by Gasteiger charge is -2.09. The van der Waals surface area contributed by atoms with E-state index in [2.05, 4.69) is 5.32 Å². The Morgan fingerprint density at radius 2 is 1.49 bits per heavy atom. The quantitative estimate of drug-likeness (QED) is 0.178. The Morgan fingerprint density at radius 3 is 2.14 bits per heavy atom. The molecule has 0 aliphatic carbocycles. The summed E-state index contributed by atoms with van der Waals surface area (Å²) in [7, 11) is 0. The maximum atomic E-state index is 12.6. The second kappa shape index (κ2) is 12.6. The van der Waals surface area contributed by atoms with Crippen LogP contribution < -0.4 is 14.8 Å². The molecule has 0 unspecified atom stereocenters. The summed E-state index contributed by atoms with van der Waals surface area (Å²) in [4.78, 5) is 12.6. The van der Waals surface area contributed by atoms with Crippen molar-refractivity contribution in [2.24, 2.45) is 0 Å². The van der Waals surface area contributed by atoms with E-state index in [1.807, 2.05) is 42.5 Å². The number of anilines is 1. The molecule has 0 fully saturated rings. The number of nitrogens with zero attached hydrogens (tertiary/aromatic N) is 1. The second-order valence-electron chi connectivity index (χ2n) is 8.02. The Balaban J connectivity index is 1.32. The van der Waals surface area contributed by atoms with Gasteiger partial charge in [-0.15, -0.1) is 0 Å². The minimum Gasteiger partial charge on any atom is -0.489 e. The Labute approximate surface area is 225 Å². The summed E-state index contributed by atoms with van der Waals surface area (Å²) >= 11 is 12.1. The van der Waals surface area contributed by atoms with E-state index in [4.69, 9.17) is 32.7 Å². The van der Waals surface area contributed by atoms with E-state index in [0.717, 1.165) is 11.1 Å². The molecule has 0 saturated carbocycles. The van der Waals surface area contributed by atoms with E-state index >= 15 is 0 Å². The fourth-order valence-electron chi connectivity index (χ4n) is 3.35. The summed E-state index contributed by atoms with van der Waals surface area (Å²) in [5.74, 6) is 0.803. The summed E-state index contributed by atoms with van der Waals surface area (Å²) < 4.78 is 11.5. The normalized spacial score (nSPS) is 10.9. The van der Waals surface area contributed by atoms with Crippen molar-refractivity contribution in [1.82, 2.24) is 0 Å². The predicted molar refractivity (Wildman–Crippen MR) is 147 cm³/mol. The molecule has 7 heteroatoms. The molecule has 1 N–H and O–H groups in total. The maximum Gasteiger partial charge on any atom is 0.266 e. The predicted octanol–water partition coefficient (Wildman–Crippen LogP) is 7.70. The van der Waals surface area contributed by atoms with E-state index in [-0.39, 0.29) is 12.2 Å². The molecular formula is C30H22Cl2N2O3. The first-order chi connectivity index (χ1) is 18.0. The molecule has 184 valence electrons. The number of amides is 1. The van der Waals surface area contributed by atoms with Crippen LogP contribution in [0.1, 0.15) is 16.7 Å². The number of hydrogen-bond donors (Lipinski definition) is 1. The van der Waals surface area contributed by atoms with Crippen LogP contribution in [0, 0.1) is 11.3 Å². The molecule has 0 bridgehead atoms. The largest absolute Gasteiger partial charge is 0.489 e. The zero-order valence-corrected chi connectivity index (χ0v) is 21.2. The van der Waals surface area contributed by atoms with Crippen molar-refractivity contribution in [3.8, 4) is 17.6 Å². The molecule has 37 heavy (non-hydrogen) atoms. The van der Waals surface area contributed by atoms with Crippen molar-refractivity contribution in [2.75, 3.05) is 5.32 Å². The lowest BCUT2D eigenvalue weighted by molar-refractivity contribution is -0.112. The van der Waals surface area contributed by atoms with Gasteiger partial charge in [-0.3, -0.25) is 4.79 Å². The fourth-order valence-corrected chi connectivity index (χ4v) is 3.81. The van der Waals surface area contributed by atoms with E-state index in [9.17, 15) is 10.1 Å². The van der Waals surface area contributed by atoms with Crippen LogP contribution in [0.2, 0.25) is 10.0 Å². The monoisotopic (exact) mass is 528 g/mol. The number of carbonyl (C=O) groups excluding carboxylic acids is 1. The van der Waals surface area contributed by atoms with Gasteiger partial charge in [0.15, 0.2) is 0 Å². The van der Waals surface area contributed by atoms with Crippen LogP contribution in [0.5, 0.6) is 11.5 Å². The van der Waals surface area contributed by atoms with Crippen LogP contribution in [0.25, 0.3) is 6.08 Å². The van der Waals surface area contributed by atoms with Gasteiger partial charge in [0.05, 0.1) is 0 Å². The number of ether oxygens (including phenoxy) is 2. The van der Waals surface area contributed by atoms with Gasteiger partial charge in [0, 0.05) is 21.3 Å². The van der Waals surface area contributed by atoms with Crippen LogP contribution >= 0.6 is 23.2 Å². The van der Waals surface area contributed by atoms with Gasteiger partial charge in [-0.2, -0.15) is 5.26 Å². The molecule has 4 aromatic carbocycles. The molecule has 0 aromatic heterocycles. The third-order valence-corrected chi connectivity index (χ3v) is 5.91. The van der Waals surface area contributed by atoms with Crippen molar-refractivity contribution in [3.63, 3.8) is 0 Å². The van der Waals surface area contributed by atoms with Gasteiger partial charge in [-0.1, -0.05) is 71.7 Å². The summed E-state index contributed by atoms with van der Waals surface area (Å²) in [6, 6.07) is 31.1. The van der Waals surface area contributed by atoms with Gasteiger partial charge in [0.1, 0.15) is 36.4 Å². The second-order valence-corrected chi connectivity index (χ2v) is 8.86. The lowest BCUT2D eigenvalue weighted by Crippen LogP contribution is -2.13. The molecule has 0 atom stereocenters. The molecule has 0 aliphatic heterocycles. The highest BCUT2D eigenvalue weighted by Gasteiger charge is 2.10. The van der Waals surface area contributed by atoms with Crippen molar-refractivity contribution >= 4 is 40.9 Å². The standard InChI is InChI=1S/C30H22Cl2N2O3/c31-25-9-8-23(29(32)17-25)20-37-27-12-6-21(7-13-27)16-24(18-33)30(35)34-26-10-14-28(15-11-26)36-19-22-4-2-1-3-5-22/h1-17H,19-20H2,(H,34,35)/b24-16+. The van der Waals surface area contributed by atoms with Gasteiger partial charge in [0.2, 0.25) is 0 Å². The van der Waals surface area contributed by atoms with E-state index in [1.165, 1.54) is 6.08 Å². The topological polar surface area (TPSA) is 71.3 Å². The van der Waals surface area contributed by atoms with Crippen LogP contribution in [-0.4, -0.2) is 5.91 Å². The van der Waals surface area contributed by atoms with Crippen LogP contribution in [-0.2, 0) is 18.0 Å². The highest BCUT2D eigenvalue weighted by atomic mass is 35.5. The lowest BCUT2D eigenvalue weighted by atomic mass is 10.1. The number of carbonyl (C=O) groups is 1. The zero-order chi connectivity index (χ0) is 26.0. The first-order valence-electron chi connectivity index (χ1n) is 11.4. The van der Waals surface area contributed by atoms with Crippen LogP contribution in [0.15, 0.2) is 103 Å². The zero-order valence-electron chi connectivity index (χ0n) is 19.7. The molecule has 0 spiro atoms. The SMILES string of the molecule is N#C/C(=C\c1ccc(OCc2ccc(Cl)cc2Cl)cc1)C(=O)Nc1ccc(OCc2ccccc2)cc1. The molecular weight excluding hydrogens is 507 g/mol. The van der Waals surface area contributed by atoms with Crippen molar-refractivity contribution in [1.29, 1.82) is 5.26 Å². The third kappa shape index (κ3) is 7.62. The van der Waals surface area contributed by atoms with Crippen molar-refractivity contribution in [3.05, 3.63) is 129 Å². The van der Waals surface area contributed by atoms with Crippen LogP contribution in [0.4, 0.5) is 5.69 Å². The molecule has 0 radical (unpaired) electrons. The first-order valence-corrected chi connectivity index (χ1v) is 12.1. The summed E-state index contributed by atoms with van der Waals surface area (Å²) in [5, 5.41) is 13.4. The molecule has 1 amide bonds. The van der Waals surface area contributed by atoms with Crippen molar-refractivity contribution in [2.45, 2.75) is 13.2 Å². The molecule has 0 saturated heterocycles. The number of hydrogen-bond acceptors (Lipinski definition) is 4. The number of halogens is 2. The number of rotatable bonds is 9. The maximum absolute atomic E-state index is 12.6. The first kappa shape index (κ1) is 25.8.